The molecule has 3 atom stereocenters. The van der Waals surface area contributed by atoms with Crippen LogP contribution in [-0.2, 0) is 24.3 Å². The Kier molecular flexibility index (Phi) is 12.2. The first-order valence-corrected chi connectivity index (χ1v) is 17.2. The summed E-state index contributed by atoms with van der Waals surface area (Å²) in [6, 6.07) is 30.1. The van der Waals surface area contributed by atoms with E-state index < -0.39 is 12.1 Å². The molecule has 254 valence electrons. The largest absolute Gasteiger partial charge is 0.480 e. The summed E-state index contributed by atoms with van der Waals surface area (Å²) in [7, 11) is 0. The molecule has 2 aliphatic heterocycles. The van der Waals surface area contributed by atoms with Gasteiger partial charge in [-0.1, -0.05) is 91.0 Å². The molecule has 49 heavy (non-hydrogen) atoms. The first kappa shape index (κ1) is 35.7. The van der Waals surface area contributed by atoms with E-state index in [4.69, 9.17) is 18.3 Å². The number of nitrogens with zero attached hydrogens (tertiary/aromatic N) is 4. The molecule has 0 unspecified atom stereocenters. The predicted octanol–water partition coefficient (Wildman–Crippen LogP) is 7.61. The lowest BCUT2D eigenvalue weighted by Gasteiger charge is -2.33. The van der Waals surface area contributed by atoms with Crippen molar-refractivity contribution in [2.75, 3.05) is 19.6 Å². The van der Waals surface area contributed by atoms with Gasteiger partial charge in [-0.25, -0.2) is 9.69 Å². The molecule has 6 rings (SSSR count). The van der Waals surface area contributed by atoms with Gasteiger partial charge in [-0.3, -0.25) is 14.6 Å². The third kappa shape index (κ3) is 9.98. The van der Waals surface area contributed by atoms with Crippen LogP contribution in [0.1, 0.15) is 56.2 Å². The second kappa shape index (κ2) is 16.7. The molecule has 3 N–H and O–H groups in total. The average Bonchev–Trinajstić information content (AvgIpc) is 3.77. The molecule has 2 saturated heterocycles. The molecule has 4 aromatic rings. The number of rotatable bonds is 11. The normalized spacial score (nSPS) is 18.7. The molecule has 2 heterocycles. The summed E-state index contributed by atoms with van der Waals surface area (Å²) in [5.74, 6) is -0.746. The number of fused-ring (bicyclic) bond motifs is 1. The van der Waals surface area contributed by atoms with Crippen LogP contribution in [0.5, 0.6) is 0 Å². The molecule has 0 amide bonds. The van der Waals surface area contributed by atoms with Crippen molar-refractivity contribution >= 4 is 28.1 Å². The van der Waals surface area contributed by atoms with Crippen molar-refractivity contribution in [1.82, 2.24) is 15.1 Å². The molecule has 8 heteroatoms. The molecular weight excluding hydrogens is 610 g/mol. The summed E-state index contributed by atoms with van der Waals surface area (Å²) in [6.07, 6.45) is 4.25. The van der Waals surface area contributed by atoms with Crippen molar-refractivity contribution in [3.05, 3.63) is 131 Å². The second-order valence-corrected chi connectivity index (χ2v) is 13.9. The van der Waals surface area contributed by atoms with Crippen LogP contribution in [-0.4, -0.2) is 69.3 Å². The van der Waals surface area contributed by atoms with Gasteiger partial charge in [-0.05, 0) is 86.5 Å². The molecular formula is C41H47N5O3. The predicted molar refractivity (Wildman–Crippen MR) is 196 cm³/mol. The topological polar surface area (TPSA) is 84.8 Å². The van der Waals surface area contributed by atoms with E-state index in [1.807, 2.05) is 41.3 Å². The summed E-state index contributed by atoms with van der Waals surface area (Å²) in [5.41, 5.74) is 4.62. The van der Waals surface area contributed by atoms with Crippen molar-refractivity contribution in [3.63, 3.8) is 0 Å². The number of aliphatic hydroxyl groups excluding tert-OH is 1. The molecule has 0 bridgehead atoms. The molecule has 2 fully saturated rings. The molecule has 4 aromatic carbocycles. The molecule has 0 aromatic heterocycles. The van der Waals surface area contributed by atoms with Gasteiger partial charge in [0.05, 0.1) is 19.2 Å². The lowest BCUT2D eigenvalue weighted by Crippen LogP contribution is -2.50. The van der Waals surface area contributed by atoms with Gasteiger partial charge in [0.15, 0.2) is 11.4 Å². The molecule has 0 radical (unpaired) electrons. The summed E-state index contributed by atoms with van der Waals surface area (Å²) < 4.78 is 0. The number of hydrogen-bond acceptors (Lipinski definition) is 5. The third-order valence-electron chi connectivity index (χ3n) is 9.61. The van der Waals surface area contributed by atoms with E-state index in [2.05, 4.69) is 82.3 Å². The van der Waals surface area contributed by atoms with Crippen molar-refractivity contribution in [2.24, 2.45) is 0 Å². The number of carboxylic acid groups (broad SMARTS) is 1. The van der Waals surface area contributed by atoms with Crippen molar-refractivity contribution < 1.29 is 15.0 Å². The van der Waals surface area contributed by atoms with Crippen molar-refractivity contribution in [3.8, 4) is 0 Å². The average molecular weight is 658 g/mol. The smallest absolute Gasteiger partial charge is 0.320 e. The molecule has 0 aliphatic carbocycles. The minimum absolute atomic E-state index is 0.114. The maximum atomic E-state index is 11.0. The van der Waals surface area contributed by atoms with E-state index >= 15 is 0 Å². The van der Waals surface area contributed by atoms with Crippen LogP contribution in [0.4, 0.5) is 11.4 Å². The Morgan fingerprint density at radius 2 is 1.43 bits per heavy atom. The number of aliphatic carboxylic acids is 1. The summed E-state index contributed by atoms with van der Waals surface area (Å²) in [6.45, 7) is 22.4. The fraction of sp³-hybridized carbons (Fsp3) is 0.390. The summed E-state index contributed by atoms with van der Waals surface area (Å²) in [5, 5.41) is 26.2. The molecule has 0 saturated carbocycles. The van der Waals surface area contributed by atoms with E-state index in [0.29, 0.717) is 24.5 Å². The highest BCUT2D eigenvalue weighted by Crippen LogP contribution is 2.26. The number of nitrogens with one attached hydrogen (secondary N) is 1. The van der Waals surface area contributed by atoms with E-state index in [1.165, 1.54) is 16.3 Å². The van der Waals surface area contributed by atoms with Crippen LogP contribution >= 0.6 is 0 Å². The fourth-order valence-corrected chi connectivity index (χ4v) is 7.14. The van der Waals surface area contributed by atoms with Gasteiger partial charge in [0, 0.05) is 31.2 Å². The Hall–Kier alpha value is -4.57. The number of hydrogen-bond donors (Lipinski definition) is 3. The van der Waals surface area contributed by atoms with Crippen LogP contribution < -0.4 is 5.32 Å². The zero-order valence-corrected chi connectivity index (χ0v) is 28.6. The summed E-state index contributed by atoms with van der Waals surface area (Å²) in [4.78, 5) is 22.3. The number of β-amino-alcohol motifs (C(OH)–C–C–N with tert-alkyl or cyclic N) is 1. The quantitative estimate of drug-likeness (QED) is 0.144. The van der Waals surface area contributed by atoms with Gasteiger partial charge in [-0.2, -0.15) is 0 Å². The lowest BCUT2D eigenvalue weighted by atomic mass is 9.93. The SMILES string of the molecule is [C-]#[N+]c1cccc(CN2CCC[C@@H]2C(=O)O)c1.[C-]#[N+]c1cccc(CN2CCC[C@@H]2[C@H](O)CNC(C)(C)Cc2ccc3ccccc3c2)c1. The van der Waals surface area contributed by atoms with Crippen LogP contribution in [0.25, 0.3) is 20.5 Å². The minimum atomic E-state index is -0.746. The van der Waals surface area contributed by atoms with E-state index in [-0.39, 0.29) is 17.6 Å². The summed E-state index contributed by atoms with van der Waals surface area (Å²) >= 11 is 0. The highest BCUT2D eigenvalue weighted by Gasteiger charge is 2.32. The van der Waals surface area contributed by atoms with Gasteiger partial charge in [-0.15, -0.1) is 0 Å². The highest BCUT2D eigenvalue weighted by molar-refractivity contribution is 5.83. The number of aliphatic hydroxyl groups is 1. The monoisotopic (exact) mass is 657 g/mol. The van der Waals surface area contributed by atoms with Crippen molar-refractivity contribution in [2.45, 2.75) is 82.8 Å². The zero-order valence-electron chi connectivity index (χ0n) is 28.6. The van der Waals surface area contributed by atoms with Crippen LogP contribution in [0.3, 0.4) is 0 Å². The highest BCUT2D eigenvalue weighted by atomic mass is 16.4. The first-order valence-electron chi connectivity index (χ1n) is 17.2. The Balaban J connectivity index is 0.000000232. The van der Waals surface area contributed by atoms with Gasteiger partial charge >= 0.3 is 5.97 Å². The molecule has 2 aliphatic rings. The van der Waals surface area contributed by atoms with Crippen LogP contribution in [0.15, 0.2) is 91.0 Å². The van der Waals surface area contributed by atoms with E-state index in [9.17, 15) is 9.90 Å². The first-order chi connectivity index (χ1) is 23.6. The molecule has 0 spiro atoms. The lowest BCUT2D eigenvalue weighted by molar-refractivity contribution is -0.142. The van der Waals surface area contributed by atoms with Crippen LogP contribution in [0, 0.1) is 13.1 Å². The standard InChI is InChI=1S/C28H33N3O.C13H14N2O2/c1-28(2,18-21-13-14-23-9-4-5-10-24(23)16-21)30-19-27(32)26-12-7-15-31(26)20-22-8-6-11-25(17-22)29-3;1-14-11-5-2-4-10(8-11)9-15-7-3-6-12(15)13(16)17/h4-6,8-11,13-14,16-17,26-27,30,32H,7,12,15,18-20H2,1-2H3;2,4-5,8,12H,3,6-7,9H2,(H,16,17)/t26-,27-;12-/m11/s1. The van der Waals surface area contributed by atoms with E-state index in [1.54, 1.807) is 6.07 Å². The molecule has 8 nitrogen and oxygen atoms in total. The maximum Gasteiger partial charge on any atom is 0.320 e. The number of carboxylic acids is 1. The Bertz CT molecular complexity index is 1810. The van der Waals surface area contributed by atoms with Gasteiger partial charge < -0.3 is 15.5 Å². The van der Waals surface area contributed by atoms with E-state index in [0.717, 1.165) is 62.9 Å². The zero-order chi connectivity index (χ0) is 34.8. The Labute approximate surface area is 290 Å². The van der Waals surface area contributed by atoms with Crippen LogP contribution in [0.2, 0.25) is 0 Å². The Morgan fingerprint density at radius 1 is 0.816 bits per heavy atom. The Morgan fingerprint density at radius 3 is 2.08 bits per heavy atom. The van der Waals surface area contributed by atoms with Crippen molar-refractivity contribution in [1.29, 1.82) is 0 Å². The maximum absolute atomic E-state index is 11.0. The number of carbonyl (C=O) groups is 1. The van der Waals surface area contributed by atoms with Gasteiger partial charge in [0.2, 0.25) is 0 Å². The fourth-order valence-electron chi connectivity index (χ4n) is 7.14. The number of likely N-dealkylation sites (tertiary alicyclic amines) is 2. The second-order valence-electron chi connectivity index (χ2n) is 13.9. The number of benzene rings is 4. The third-order valence-corrected chi connectivity index (χ3v) is 9.61. The van der Waals surface area contributed by atoms with Gasteiger partial charge in [0.1, 0.15) is 6.04 Å². The minimum Gasteiger partial charge on any atom is -0.480 e. The van der Waals surface area contributed by atoms with Gasteiger partial charge in [0.25, 0.3) is 0 Å².